The summed E-state index contributed by atoms with van der Waals surface area (Å²) >= 11 is 5.24. The predicted molar refractivity (Wildman–Crippen MR) is 47.5 cm³/mol. The highest BCUT2D eigenvalue weighted by molar-refractivity contribution is 6.31. The third-order valence-electron chi connectivity index (χ3n) is 1.57. The quantitative estimate of drug-likeness (QED) is 0.435. The van der Waals surface area contributed by atoms with Crippen LogP contribution in [0.2, 0.25) is 0 Å². The zero-order valence-electron chi connectivity index (χ0n) is 6.55. The molecule has 0 radical (unpaired) electrons. The van der Waals surface area contributed by atoms with E-state index in [9.17, 15) is 14.3 Å². The number of phenolic OH excluding ortho intramolecular Hbond substituents is 1. The number of aromatic hydroxyl groups is 1. The van der Waals surface area contributed by atoms with Gasteiger partial charge in [-0.15, -0.1) is 11.6 Å². The van der Waals surface area contributed by atoms with Gasteiger partial charge in [0, 0.05) is 0 Å². The molecule has 0 aromatic heterocycles. The fraction of sp³-hybridized carbons (Fsp3) is 0.125. The van der Waals surface area contributed by atoms with Crippen LogP contribution in [0.25, 0.3) is 0 Å². The molecule has 0 fully saturated rings. The molecule has 0 unspecified atom stereocenters. The molecule has 0 aliphatic rings. The predicted octanol–water partition coefficient (Wildman–Crippen LogP) is 1.53. The Labute approximate surface area is 78.9 Å². The highest BCUT2D eigenvalue weighted by Gasteiger charge is 2.16. The van der Waals surface area contributed by atoms with Crippen LogP contribution in [0.3, 0.4) is 0 Å². The second-order valence-corrected chi connectivity index (χ2v) is 2.68. The van der Waals surface area contributed by atoms with Gasteiger partial charge in [0.2, 0.25) is 0 Å². The van der Waals surface area contributed by atoms with Crippen molar-refractivity contribution in [3.05, 3.63) is 23.5 Å². The molecular formula is C8H7ClFNO2. The Morgan fingerprint density at radius 3 is 2.77 bits per heavy atom. The molecule has 5 heteroatoms. The molecule has 0 aliphatic carbocycles. The van der Waals surface area contributed by atoms with Gasteiger partial charge in [0.15, 0.2) is 5.78 Å². The molecule has 1 aromatic carbocycles. The van der Waals surface area contributed by atoms with Crippen molar-refractivity contribution in [2.75, 3.05) is 11.6 Å². The zero-order chi connectivity index (χ0) is 10.0. The largest absolute Gasteiger partial charge is 0.507 e. The number of hydrogen-bond donors (Lipinski definition) is 2. The lowest BCUT2D eigenvalue weighted by Gasteiger charge is -2.05. The summed E-state index contributed by atoms with van der Waals surface area (Å²) in [5.41, 5.74) is 4.62. The number of carbonyl (C=O) groups excluding carboxylic acids is 1. The van der Waals surface area contributed by atoms with Crippen LogP contribution in [0.5, 0.6) is 5.75 Å². The fourth-order valence-electron chi connectivity index (χ4n) is 0.942. The highest BCUT2D eigenvalue weighted by Crippen LogP contribution is 2.26. The third kappa shape index (κ3) is 1.72. The van der Waals surface area contributed by atoms with Gasteiger partial charge in [0.05, 0.1) is 17.1 Å². The van der Waals surface area contributed by atoms with E-state index in [4.69, 9.17) is 17.3 Å². The van der Waals surface area contributed by atoms with E-state index in [1.165, 1.54) is 0 Å². The van der Waals surface area contributed by atoms with Crippen molar-refractivity contribution < 1.29 is 14.3 Å². The van der Waals surface area contributed by atoms with Crippen LogP contribution in [0.4, 0.5) is 10.1 Å². The number of nitrogens with two attached hydrogens (primary N) is 1. The van der Waals surface area contributed by atoms with Crippen molar-refractivity contribution in [3.8, 4) is 5.75 Å². The second-order valence-electron chi connectivity index (χ2n) is 2.41. The van der Waals surface area contributed by atoms with Crippen LogP contribution in [0, 0.1) is 5.82 Å². The first-order valence-corrected chi connectivity index (χ1v) is 3.97. The SMILES string of the molecule is Nc1c(F)ccc(O)c1C(=O)CCl. The number of alkyl halides is 1. The van der Waals surface area contributed by atoms with Crippen molar-refractivity contribution in [2.24, 2.45) is 0 Å². The van der Waals surface area contributed by atoms with Crippen molar-refractivity contribution >= 4 is 23.1 Å². The minimum absolute atomic E-state index is 0.255. The minimum atomic E-state index is -0.744. The summed E-state index contributed by atoms with van der Waals surface area (Å²) in [6.45, 7) is 0. The van der Waals surface area contributed by atoms with Crippen LogP contribution in [-0.2, 0) is 0 Å². The number of rotatable bonds is 2. The summed E-state index contributed by atoms with van der Waals surface area (Å²) in [5.74, 6) is -2.05. The minimum Gasteiger partial charge on any atom is -0.507 e. The lowest BCUT2D eigenvalue weighted by atomic mass is 10.1. The Bertz CT molecular complexity index is 354. The summed E-state index contributed by atoms with van der Waals surface area (Å²) in [5, 5.41) is 9.19. The number of Topliss-reactive ketones (excluding diaryl/α,β-unsaturated/α-hetero) is 1. The van der Waals surface area contributed by atoms with Crippen molar-refractivity contribution in [1.82, 2.24) is 0 Å². The molecular weight excluding hydrogens is 197 g/mol. The third-order valence-corrected chi connectivity index (χ3v) is 1.81. The molecule has 0 aliphatic heterocycles. The van der Waals surface area contributed by atoms with Crippen LogP contribution in [0.15, 0.2) is 12.1 Å². The molecule has 0 spiro atoms. The van der Waals surface area contributed by atoms with E-state index < -0.39 is 11.6 Å². The fourth-order valence-corrected chi connectivity index (χ4v) is 1.08. The maximum atomic E-state index is 12.8. The van der Waals surface area contributed by atoms with Gasteiger partial charge < -0.3 is 10.8 Å². The smallest absolute Gasteiger partial charge is 0.183 e. The Morgan fingerprint density at radius 2 is 2.23 bits per heavy atom. The van der Waals surface area contributed by atoms with Gasteiger partial charge in [0.25, 0.3) is 0 Å². The number of carbonyl (C=O) groups is 1. The summed E-state index contributed by atoms with van der Waals surface area (Å²) in [6, 6.07) is 2.04. The Morgan fingerprint density at radius 1 is 1.62 bits per heavy atom. The molecule has 13 heavy (non-hydrogen) atoms. The molecule has 0 saturated carbocycles. The van der Waals surface area contributed by atoms with Gasteiger partial charge in [-0.1, -0.05) is 0 Å². The number of nitrogen functional groups attached to an aromatic ring is 1. The van der Waals surface area contributed by atoms with Gasteiger partial charge >= 0.3 is 0 Å². The molecule has 0 atom stereocenters. The van der Waals surface area contributed by atoms with Crippen LogP contribution in [-0.4, -0.2) is 16.8 Å². The first-order chi connectivity index (χ1) is 6.07. The van der Waals surface area contributed by atoms with E-state index in [0.717, 1.165) is 12.1 Å². The van der Waals surface area contributed by atoms with E-state index in [1.807, 2.05) is 0 Å². The van der Waals surface area contributed by atoms with Crippen LogP contribution < -0.4 is 5.73 Å². The number of phenols is 1. The summed E-state index contributed by atoms with van der Waals surface area (Å²) in [4.78, 5) is 11.1. The molecule has 0 bridgehead atoms. The molecule has 3 N–H and O–H groups in total. The lowest BCUT2D eigenvalue weighted by Crippen LogP contribution is -2.07. The molecule has 0 amide bonds. The van der Waals surface area contributed by atoms with E-state index >= 15 is 0 Å². The van der Waals surface area contributed by atoms with E-state index in [0.29, 0.717) is 0 Å². The van der Waals surface area contributed by atoms with E-state index in [2.05, 4.69) is 0 Å². The number of hydrogen-bond acceptors (Lipinski definition) is 3. The number of anilines is 1. The first kappa shape index (κ1) is 9.80. The Balaban J connectivity index is 3.33. The summed E-state index contributed by atoms with van der Waals surface area (Å²) < 4.78 is 12.8. The molecule has 70 valence electrons. The Kier molecular flexibility index (Phi) is 2.72. The highest BCUT2D eigenvalue weighted by atomic mass is 35.5. The van der Waals surface area contributed by atoms with Crippen LogP contribution >= 0.6 is 11.6 Å². The Hall–Kier alpha value is -1.29. The normalized spacial score (nSPS) is 10.0. The average molecular weight is 204 g/mol. The van der Waals surface area contributed by atoms with Crippen molar-refractivity contribution in [2.45, 2.75) is 0 Å². The van der Waals surface area contributed by atoms with Gasteiger partial charge in [-0.05, 0) is 12.1 Å². The van der Waals surface area contributed by atoms with Gasteiger partial charge in [-0.3, -0.25) is 4.79 Å². The molecule has 0 heterocycles. The monoisotopic (exact) mass is 203 g/mol. The maximum absolute atomic E-state index is 12.8. The zero-order valence-corrected chi connectivity index (χ0v) is 7.31. The van der Waals surface area contributed by atoms with E-state index in [1.54, 1.807) is 0 Å². The van der Waals surface area contributed by atoms with Gasteiger partial charge in [0.1, 0.15) is 11.6 Å². The molecule has 0 saturated heterocycles. The number of halogens is 2. The van der Waals surface area contributed by atoms with Crippen molar-refractivity contribution in [1.29, 1.82) is 0 Å². The lowest BCUT2D eigenvalue weighted by molar-refractivity contribution is 0.101. The second kappa shape index (κ2) is 3.62. The van der Waals surface area contributed by atoms with Gasteiger partial charge in [-0.25, -0.2) is 4.39 Å². The molecule has 1 aromatic rings. The maximum Gasteiger partial charge on any atom is 0.183 e. The number of benzene rings is 1. The van der Waals surface area contributed by atoms with Crippen molar-refractivity contribution in [3.63, 3.8) is 0 Å². The molecule has 1 rings (SSSR count). The summed E-state index contributed by atoms with van der Waals surface area (Å²) in [7, 11) is 0. The van der Waals surface area contributed by atoms with Crippen LogP contribution in [0.1, 0.15) is 10.4 Å². The standard InChI is InChI=1S/C8H7ClFNO2/c9-3-6(13)7-5(12)2-1-4(10)8(7)11/h1-2,12H,3,11H2. The van der Waals surface area contributed by atoms with Gasteiger partial charge in [-0.2, -0.15) is 0 Å². The number of ketones is 1. The first-order valence-electron chi connectivity index (χ1n) is 3.44. The average Bonchev–Trinajstić information content (AvgIpc) is 2.12. The van der Waals surface area contributed by atoms with E-state index in [-0.39, 0.29) is 22.9 Å². The summed E-state index contributed by atoms with van der Waals surface area (Å²) in [6.07, 6.45) is 0. The topological polar surface area (TPSA) is 63.3 Å². The molecule has 3 nitrogen and oxygen atoms in total.